The topological polar surface area (TPSA) is 74.3 Å². The van der Waals surface area contributed by atoms with Gasteiger partial charge in [0.2, 0.25) is 0 Å². The fraction of sp³-hybridized carbons (Fsp3) is 0.125. The largest absolute Gasteiger partial charge is 0.336 e. The van der Waals surface area contributed by atoms with Gasteiger partial charge in [-0.05, 0) is 73.2 Å². The van der Waals surface area contributed by atoms with Crippen LogP contribution in [-0.2, 0) is 0 Å². The average molecular weight is 429 g/mol. The van der Waals surface area contributed by atoms with Gasteiger partial charge in [-0.2, -0.15) is 0 Å². The van der Waals surface area contributed by atoms with Gasteiger partial charge >= 0.3 is 6.03 Å². The Morgan fingerprint density at radius 2 is 1.84 bits per heavy atom. The van der Waals surface area contributed by atoms with Crippen molar-refractivity contribution in [1.29, 1.82) is 0 Å². The zero-order chi connectivity index (χ0) is 21.4. The van der Waals surface area contributed by atoms with Gasteiger partial charge in [0.1, 0.15) is 5.01 Å². The number of aromatic nitrogens is 1. The van der Waals surface area contributed by atoms with Crippen molar-refractivity contribution in [2.45, 2.75) is 6.92 Å². The zero-order valence-corrected chi connectivity index (χ0v) is 17.7. The van der Waals surface area contributed by atoms with Gasteiger partial charge in [0, 0.05) is 35.6 Å². The number of urea groups is 1. The highest BCUT2D eigenvalue weighted by molar-refractivity contribution is 7.21. The summed E-state index contributed by atoms with van der Waals surface area (Å²) in [6, 6.07) is 20.9. The van der Waals surface area contributed by atoms with E-state index in [0.29, 0.717) is 24.3 Å². The Kier molecular flexibility index (Phi) is 4.88. The first-order chi connectivity index (χ1) is 15.1. The second-order valence-corrected chi connectivity index (χ2v) is 8.48. The number of hydrogen-bond acceptors (Lipinski definition) is 4. The van der Waals surface area contributed by atoms with Gasteiger partial charge in [0.05, 0.1) is 10.2 Å². The molecule has 5 rings (SSSR count). The van der Waals surface area contributed by atoms with Crippen LogP contribution in [0.5, 0.6) is 0 Å². The minimum atomic E-state index is -0.194. The highest BCUT2D eigenvalue weighted by atomic mass is 32.1. The van der Waals surface area contributed by atoms with Gasteiger partial charge in [-0.1, -0.05) is 6.07 Å². The van der Waals surface area contributed by atoms with Crippen molar-refractivity contribution in [3.63, 3.8) is 0 Å². The Balaban J connectivity index is 1.28. The number of hydrogen-bond donors (Lipinski definition) is 2. The molecule has 0 spiro atoms. The molecule has 3 amide bonds. The van der Waals surface area contributed by atoms with Crippen LogP contribution in [0.25, 0.3) is 20.8 Å². The molecular formula is C24H20N4O2S. The Morgan fingerprint density at radius 3 is 2.55 bits per heavy atom. The fourth-order valence-corrected chi connectivity index (χ4v) is 4.63. The number of carbonyl (C=O) groups excluding carboxylic acids is 2. The van der Waals surface area contributed by atoms with Crippen molar-refractivity contribution >= 4 is 44.9 Å². The summed E-state index contributed by atoms with van der Waals surface area (Å²) in [6.07, 6.45) is 0. The number of rotatable bonds is 4. The van der Waals surface area contributed by atoms with E-state index in [4.69, 9.17) is 4.98 Å². The molecule has 154 valence electrons. The highest BCUT2D eigenvalue weighted by Gasteiger charge is 2.21. The smallest absolute Gasteiger partial charge is 0.321 e. The maximum atomic E-state index is 12.6. The lowest BCUT2D eigenvalue weighted by Gasteiger charge is -2.14. The summed E-state index contributed by atoms with van der Waals surface area (Å²) in [5, 5.41) is 6.65. The number of thiazole rings is 1. The molecule has 0 aliphatic carbocycles. The third-order valence-electron chi connectivity index (χ3n) is 5.23. The van der Waals surface area contributed by atoms with E-state index < -0.39 is 0 Å². The fourth-order valence-electron chi connectivity index (χ4n) is 3.57. The molecule has 3 aromatic carbocycles. The van der Waals surface area contributed by atoms with Crippen LogP contribution in [-0.4, -0.2) is 30.0 Å². The van der Waals surface area contributed by atoms with Gasteiger partial charge < -0.3 is 10.6 Å². The number of nitrogens with one attached hydrogen (secondary N) is 2. The summed E-state index contributed by atoms with van der Waals surface area (Å²) in [6.45, 7) is 3.34. The summed E-state index contributed by atoms with van der Waals surface area (Å²) in [4.78, 5) is 30.7. The van der Waals surface area contributed by atoms with Crippen molar-refractivity contribution < 1.29 is 9.59 Å². The maximum absolute atomic E-state index is 12.6. The first kappa shape index (κ1) is 19.3. The molecule has 0 saturated carbocycles. The summed E-state index contributed by atoms with van der Waals surface area (Å²) in [5.41, 5.74) is 5.27. The van der Waals surface area contributed by atoms with Crippen molar-refractivity contribution in [2.24, 2.45) is 0 Å². The van der Waals surface area contributed by atoms with E-state index in [9.17, 15) is 9.59 Å². The third-order valence-corrected chi connectivity index (χ3v) is 6.30. The van der Waals surface area contributed by atoms with Crippen LogP contribution >= 0.6 is 11.3 Å². The molecule has 7 heteroatoms. The predicted molar refractivity (Wildman–Crippen MR) is 125 cm³/mol. The van der Waals surface area contributed by atoms with E-state index >= 15 is 0 Å². The molecule has 6 nitrogen and oxygen atoms in total. The first-order valence-corrected chi connectivity index (χ1v) is 10.8. The standard InChI is InChI=1S/C24H20N4O2S/c1-15-2-11-20-21(14-15)31-23(27-20)17-3-7-18(8-4-17)26-22(29)16-5-9-19(10-6-16)28-13-12-25-24(28)30/h2-11,14H,12-13H2,1H3,(H,25,30)(H,26,29). The van der Waals surface area contributed by atoms with Gasteiger partial charge in [0.25, 0.3) is 5.91 Å². The van der Waals surface area contributed by atoms with Crippen LogP contribution < -0.4 is 15.5 Å². The molecule has 1 aliphatic heterocycles. The highest BCUT2D eigenvalue weighted by Crippen LogP contribution is 2.31. The second kappa shape index (κ2) is 7.85. The quantitative estimate of drug-likeness (QED) is 0.477. The summed E-state index contributed by atoms with van der Waals surface area (Å²) >= 11 is 1.66. The Bertz CT molecular complexity index is 1280. The molecular weight excluding hydrogens is 408 g/mol. The number of nitrogens with zero attached hydrogens (tertiary/aromatic N) is 2. The molecule has 1 saturated heterocycles. The zero-order valence-electron chi connectivity index (χ0n) is 16.9. The molecule has 0 bridgehead atoms. The van der Waals surface area contributed by atoms with Crippen LogP contribution in [0, 0.1) is 6.92 Å². The summed E-state index contributed by atoms with van der Waals surface area (Å²) < 4.78 is 1.17. The van der Waals surface area contributed by atoms with Crippen molar-refractivity contribution in [3.05, 3.63) is 77.9 Å². The lowest BCUT2D eigenvalue weighted by atomic mass is 10.1. The molecule has 31 heavy (non-hydrogen) atoms. The van der Waals surface area contributed by atoms with E-state index in [1.54, 1.807) is 40.5 Å². The van der Waals surface area contributed by atoms with Gasteiger partial charge in [-0.15, -0.1) is 11.3 Å². The van der Waals surface area contributed by atoms with Crippen LogP contribution in [0.2, 0.25) is 0 Å². The molecule has 1 aliphatic rings. The van der Waals surface area contributed by atoms with Crippen LogP contribution in [0.3, 0.4) is 0 Å². The maximum Gasteiger partial charge on any atom is 0.321 e. The Morgan fingerprint density at radius 1 is 1.06 bits per heavy atom. The van der Waals surface area contributed by atoms with E-state index in [2.05, 4.69) is 29.7 Å². The predicted octanol–water partition coefficient (Wildman–Crippen LogP) is 5.05. The lowest BCUT2D eigenvalue weighted by Crippen LogP contribution is -2.27. The van der Waals surface area contributed by atoms with E-state index in [-0.39, 0.29) is 11.9 Å². The molecule has 2 N–H and O–H groups in total. The number of benzene rings is 3. The van der Waals surface area contributed by atoms with Crippen LogP contribution in [0.1, 0.15) is 15.9 Å². The van der Waals surface area contributed by atoms with Gasteiger partial charge in [-0.3, -0.25) is 9.69 Å². The third kappa shape index (κ3) is 3.87. The molecule has 1 aromatic heterocycles. The number of aryl methyl sites for hydroxylation is 1. The van der Waals surface area contributed by atoms with Gasteiger partial charge in [-0.25, -0.2) is 9.78 Å². The minimum absolute atomic E-state index is 0.111. The number of carbonyl (C=O) groups is 2. The second-order valence-electron chi connectivity index (χ2n) is 7.45. The van der Waals surface area contributed by atoms with E-state index in [1.807, 2.05) is 30.3 Å². The van der Waals surface area contributed by atoms with Crippen molar-refractivity contribution in [1.82, 2.24) is 10.3 Å². The Hall–Kier alpha value is -3.71. The molecule has 0 radical (unpaired) electrons. The van der Waals surface area contributed by atoms with E-state index in [0.717, 1.165) is 21.8 Å². The molecule has 0 unspecified atom stereocenters. The minimum Gasteiger partial charge on any atom is -0.336 e. The molecule has 4 aromatic rings. The number of amides is 3. The summed E-state index contributed by atoms with van der Waals surface area (Å²) in [7, 11) is 0. The van der Waals surface area contributed by atoms with E-state index in [1.165, 1.54) is 10.3 Å². The van der Waals surface area contributed by atoms with Crippen LogP contribution in [0.15, 0.2) is 66.7 Å². The summed E-state index contributed by atoms with van der Waals surface area (Å²) in [5.74, 6) is -0.194. The molecule has 2 heterocycles. The monoisotopic (exact) mass is 428 g/mol. The van der Waals surface area contributed by atoms with Crippen molar-refractivity contribution in [2.75, 3.05) is 23.3 Å². The lowest BCUT2D eigenvalue weighted by molar-refractivity contribution is 0.102. The van der Waals surface area contributed by atoms with Crippen molar-refractivity contribution in [3.8, 4) is 10.6 Å². The SMILES string of the molecule is Cc1ccc2nc(-c3ccc(NC(=O)c4ccc(N5CCNC5=O)cc4)cc3)sc2c1. The Labute approximate surface area is 183 Å². The first-order valence-electron chi connectivity index (χ1n) is 10.0. The van der Waals surface area contributed by atoms with Crippen LogP contribution in [0.4, 0.5) is 16.2 Å². The van der Waals surface area contributed by atoms with Gasteiger partial charge in [0.15, 0.2) is 0 Å². The molecule has 1 fully saturated rings. The normalized spacial score (nSPS) is 13.5. The molecule has 0 atom stereocenters. The average Bonchev–Trinajstić information content (AvgIpc) is 3.40. The number of fused-ring (bicyclic) bond motifs is 1. The number of anilines is 2.